The van der Waals surface area contributed by atoms with Gasteiger partial charge >= 0.3 is 0 Å². The van der Waals surface area contributed by atoms with Gasteiger partial charge in [0.2, 0.25) is 0 Å². The van der Waals surface area contributed by atoms with E-state index in [4.69, 9.17) is 4.74 Å². The molecule has 3 aromatic rings. The molecule has 1 saturated heterocycles. The highest BCUT2D eigenvalue weighted by atomic mass is 19.1. The molecule has 0 radical (unpaired) electrons. The molecule has 4 rings (SSSR count). The number of nitrogens with zero attached hydrogens (tertiary/aromatic N) is 2. The third-order valence-electron chi connectivity index (χ3n) is 4.70. The highest BCUT2D eigenvalue weighted by Crippen LogP contribution is 2.21. The monoisotopic (exact) mass is 371 g/mol. The molecule has 5 nitrogen and oxygen atoms in total. The fraction of sp³-hybridized carbons (Fsp3) is 0.300. The number of imidazole rings is 1. The van der Waals surface area contributed by atoms with E-state index in [0.29, 0.717) is 11.4 Å². The van der Waals surface area contributed by atoms with Crippen LogP contribution in [0.1, 0.15) is 21.7 Å². The second-order valence-electron chi connectivity index (χ2n) is 6.79. The van der Waals surface area contributed by atoms with Gasteiger partial charge in [0.05, 0.1) is 24.1 Å². The van der Waals surface area contributed by atoms with Crippen LogP contribution in [0, 0.1) is 12.7 Å². The van der Waals surface area contributed by atoms with E-state index in [0.717, 1.165) is 16.6 Å². The Labute approximate surface area is 155 Å². The Hall–Kier alpha value is -2.80. The van der Waals surface area contributed by atoms with Gasteiger partial charge in [0.15, 0.2) is 0 Å². The molecule has 1 amide bonds. The van der Waals surface area contributed by atoms with Crippen molar-refractivity contribution < 1.29 is 18.3 Å². The molecule has 1 aromatic heterocycles. The van der Waals surface area contributed by atoms with Crippen molar-refractivity contribution in [2.24, 2.45) is 0 Å². The molecular formula is C20H19F2N3O2. The topological polar surface area (TPSA) is 58.2 Å². The van der Waals surface area contributed by atoms with Gasteiger partial charge in [0.25, 0.3) is 5.91 Å². The Morgan fingerprint density at radius 2 is 2.04 bits per heavy atom. The number of rotatable bonds is 4. The quantitative estimate of drug-likeness (QED) is 0.765. The number of likely N-dealkylation sites (tertiary alicyclic amines) is 1. The summed E-state index contributed by atoms with van der Waals surface area (Å²) in [6, 6.07) is 11.1. The predicted molar refractivity (Wildman–Crippen MR) is 96.6 cm³/mol. The highest BCUT2D eigenvalue weighted by Gasteiger charge is 2.36. The molecule has 140 valence electrons. The zero-order valence-corrected chi connectivity index (χ0v) is 14.8. The summed E-state index contributed by atoms with van der Waals surface area (Å²) < 4.78 is 33.0. The van der Waals surface area contributed by atoms with E-state index in [-0.39, 0.29) is 25.6 Å². The SMILES string of the molecule is Cc1ccc2nc(CO[C@H]3CN(C(=O)c4ccc(F)cc4)C[C@H]3F)[nH]c2c1. The third-order valence-corrected chi connectivity index (χ3v) is 4.70. The zero-order chi connectivity index (χ0) is 19.0. The molecule has 27 heavy (non-hydrogen) atoms. The molecule has 0 saturated carbocycles. The van der Waals surface area contributed by atoms with E-state index in [2.05, 4.69) is 9.97 Å². The number of aromatic nitrogens is 2. The maximum Gasteiger partial charge on any atom is 0.254 e. The molecule has 0 aliphatic carbocycles. The summed E-state index contributed by atoms with van der Waals surface area (Å²) in [6.45, 7) is 2.24. The number of carbonyl (C=O) groups is 1. The van der Waals surface area contributed by atoms with Crippen LogP contribution in [-0.2, 0) is 11.3 Å². The average Bonchev–Trinajstić information content (AvgIpc) is 3.22. The zero-order valence-electron chi connectivity index (χ0n) is 14.8. The molecule has 0 bridgehead atoms. The normalized spacial score (nSPS) is 19.7. The maximum absolute atomic E-state index is 14.3. The van der Waals surface area contributed by atoms with E-state index in [1.807, 2.05) is 25.1 Å². The number of ether oxygens (including phenoxy) is 1. The second-order valence-corrected chi connectivity index (χ2v) is 6.79. The Bertz CT molecular complexity index is 971. The van der Waals surface area contributed by atoms with Gasteiger partial charge in [-0.2, -0.15) is 0 Å². The molecule has 1 fully saturated rings. The first kappa shape index (κ1) is 17.6. The standard InChI is InChI=1S/C20H19F2N3O2/c1-12-2-7-16-17(8-12)24-19(23-16)11-27-18-10-25(9-15(18)22)20(26)13-3-5-14(21)6-4-13/h2-8,15,18H,9-11H2,1H3,(H,23,24)/t15-,18+/m1/s1. The van der Waals surface area contributed by atoms with E-state index in [1.54, 1.807) is 0 Å². The number of aryl methyl sites for hydroxylation is 1. The Kier molecular flexibility index (Phi) is 4.61. The molecule has 2 heterocycles. The molecule has 0 unspecified atom stereocenters. The van der Waals surface area contributed by atoms with Crippen LogP contribution in [0.5, 0.6) is 0 Å². The number of amides is 1. The summed E-state index contributed by atoms with van der Waals surface area (Å²) in [4.78, 5) is 21.4. The number of carbonyl (C=O) groups excluding carboxylic acids is 1. The second kappa shape index (κ2) is 7.08. The van der Waals surface area contributed by atoms with Crippen molar-refractivity contribution in [3.8, 4) is 0 Å². The molecule has 2 aromatic carbocycles. The molecule has 1 aliphatic rings. The predicted octanol–water partition coefficient (Wildman–Crippen LogP) is 3.39. The number of nitrogens with one attached hydrogen (secondary N) is 1. The lowest BCUT2D eigenvalue weighted by atomic mass is 10.2. The van der Waals surface area contributed by atoms with Crippen molar-refractivity contribution >= 4 is 16.9 Å². The van der Waals surface area contributed by atoms with E-state index >= 15 is 0 Å². The van der Waals surface area contributed by atoms with Crippen LogP contribution >= 0.6 is 0 Å². The minimum Gasteiger partial charge on any atom is -0.365 e. The molecule has 1 aliphatic heterocycles. The Morgan fingerprint density at radius 1 is 1.26 bits per heavy atom. The van der Waals surface area contributed by atoms with Gasteiger partial charge in [0, 0.05) is 5.56 Å². The van der Waals surface area contributed by atoms with Gasteiger partial charge < -0.3 is 14.6 Å². The lowest BCUT2D eigenvalue weighted by molar-refractivity contribution is 0.00887. The van der Waals surface area contributed by atoms with E-state index in [1.165, 1.54) is 29.2 Å². The fourth-order valence-corrected chi connectivity index (χ4v) is 3.26. The number of halogens is 2. The third kappa shape index (κ3) is 3.68. The number of alkyl halides is 1. The number of fused-ring (bicyclic) bond motifs is 1. The Morgan fingerprint density at radius 3 is 2.81 bits per heavy atom. The summed E-state index contributed by atoms with van der Waals surface area (Å²) in [6.07, 6.45) is -2.00. The van der Waals surface area contributed by atoms with Crippen LogP contribution in [-0.4, -0.2) is 46.1 Å². The van der Waals surface area contributed by atoms with Gasteiger partial charge in [0.1, 0.15) is 30.5 Å². The van der Waals surface area contributed by atoms with Gasteiger partial charge in [-0.15, -0.1) is 0 Å². The minimum absolute atomic E-state index is 0.0415. The first-order valence-electron chi connectivity index (χ1n) is 8.75. The summed E-state index contributed by atoms with van der Waals surface area (Å²) >= 11 is 0. The van der Waals surface area contributed by atoms with Crippen LogP contribution in [0.2, 0.25) is 0 Å². The lowest BCUT2D eigenvalue weighted by Gasteiger charge is -2.16. The van der Waals surface area contributed by atoms with Gasteiger partial charge in [-0.05, 0) is 48.9 Å². The lowest BCUT2D eigenvalue weighted by Crippen LogP contribution is -2.30. The number of aromatic amines is 1. The minimum atomic E-state index is -1.28. The van der Waals surface area contributed by atoms with Crippen molar-refractivity contribution in [1.29, 1.82) is 0 Å². The number of H-pyrrole nitrogens is 1. The van der Waals surface area contributed by atoms with Crippen molar-refractivity contribution in [1.82, 2.24) is 14.9 Å². The highest BCUT2D eigenvalue weighted by molar-refractivity contribution is 5.94. The average molecular weight is 371 g/mol. The smallest absolute Gasteiger partial charge is 0.254 e. The maximum atomic E-state index is 14.3. The summed E-state index contributed by atoms with van der Waals surface area (Å²) in [7, 11) is 0. The van der Waals surface area contributed by atoms with Crippen LogP contribution in [0.15, 0.2) is 42.5 Å². The number of hydrogen-bond acceptors (Lipinski definition) is 3. The van der Waals surface area contributed by atoms with Crippen molar-refractivity contribution in [2.45, 2.75) is 25.8 Å². The first-order valence-corrected chi connectivity index (χ1v) is 8.75. The Balaban J connectivity index is 1.39. The molecule has 7 heteroatoms. The number of benzene rings is 2. The largest absolute Gasteiger partial charge is 0.365 e. The van der Waals surface area contributed by atoms with Crippen LogP contribution in [0.3, 0.4) is 0 Å². The molecule has 1 N–H and O–H groups in total. The van der Waals surface area contributed by atoms with Gasteiger partial charge in [-0.1, -0.05) is 6.07 Å². The number of hydrogen-bond donors (Lipinski definition) is 1. The summed E-state index contributed by atoms with van der Waals surface area (Å²) in [5.41, 5.74) is 3.19. The van der Waals surface area contributed by atoms with Crippen molar-refractivity contribution in [2.75, 3.05) is 13.1 Å². The molecule has 0 spiro atoms. The van der Waals surface area contributed by atoms with E-state index < -0.39 is 18.1 Å². The van der Waals surface area contributed by atoms with E-state index in [9.17, 15) is 13.6 Å². The van der Waals surface area contributed by atoms with Crippen molar-refractivity contribution in [3.63, 3.8) is 0 Å². The van der Waals surface area contributed by atoms with Crippen LogP contribution < -0.4 is 0 Å². The first-order chi connectivity index (χ1) is 13.0. The fourth-order valence-electron chi connectivity index (χ4n) is 3.26. The van der Waals surface area contributed by atoms with Crippen LogP contribution in [0.4, 0.5) is 8.78 Å². The molecule has 2 atom stereocenters. The van der Waals surface area contributed by atoms with Gasteiger partial charge in [-0.25, -0.2) is 13.8 Å². The summed E-state index contributed by atoms with van der Waals surface area (Å²) in [5.74, 6) is -0.132. The summed E-state index contributed by atoms with van der Waals surface area (Å²) in [5, 5.41) is 0. The van der Waals surface area contributed by atoms with Gasteiger partial charge in [-0.3, -0.25) is 4.79 Å². The van der Waals surface area contributed by atoms with Crippen LogP contribution in [0.25, 0.3) is 11.0 Å². The van der Waals surface area contributed by atoms with Crippen molar-refractivity contribution in [3.05, 3.63) is 65.2 Å². The molecular weight excluding hydrogens is 352 g/mol.